The molecule has 20 heavy (non-hydrogen) atoms. The Kier molecular flexibility index (Phi) is 3.24. The monoisotopic (exact) mass is 285 g/mol. The first-order valence-corrected chi connectivity index (χ1v) is 5.58. The number of alkyl halides is 3. The largest absolute Gasteiger partial charge is 0.417 e. The first-order valence-electron chi connectivity index (χ1n) is 5.58. The maximum atomic E-state index is 12.4. The van der Waals surface area contributed by atoms with Crippen LogP contribution in [0.15, 0.2) is 23.1 Å². The molecule has 2 rings (SSSR count). The molecule has 0 saturated carbocycles. The van der Waals surface area contributed by atoms with Crippen LogP contribution < -0.4 is 5.56 Å². The standard InChI is InChI=1S/C12H10F3N3O2/c1-6-10(7(2)19)11(20)18(17-6)9-4-3-8(5-16-9)12(13,14)15/h3-5,17H,1-2H3. The van der Waals surface area contributed by atoms with Gasteiger partial charge in [-0.15, -0.1) is 0 Å². The fraction of sp³-hybridized carbons (Fsp3) is 0.250. The second-order valence-corrected chi connectivity index (χ2v) is 4.21. The molecule has 0 atom stereocenters. The number of pyridine rings is 1. The number of aryl methyl sites for hydroxylation is 1. The number of hydrogen-bond acceptors (Lipinski definition) is 3. The Morgan fingerprint density at radius 1 is 1.35 bits per heavy atom. The molecule has 106 valence electrons. The average Bonchev–Trinajstić information content (AvgIpc) is 2.64. The lowest BCUT2D eigenvalue weighted by Gasteiger charge is -2.06. The normalized spacial score (nSPS) is 11.7. The molecule has 0 fully saturated rings. The molecule has 0 aromatic carbocycles. The Morgan fingerprint density at radius 3 is 2.40 bits per heavy atom. The first kappa shape index (κ1) is 14.0. The number of rotatable bonds is 2. The molecule has 2 aromatic rings. The molecule has 0 aliphatic rings. The van der Waals surface area contributed by atoms with Crippen molar-refractivity contribution in [2.24, 2.45) is 0 Å². The molecule has 0 aliphatic carbocycles. The van der Waals surface area contributed by atoms with E-state index in [2.05, 4.69) is 10.1 Å². The molecular formula is C12H10F3N3O2. The van der Waals surface area contributed by atoms with Gasteiger partial charge in [-0.1, -0.05) is 0 Å². The highest BCUT2D eigenvalue weighted by atomic mass is 19.4. The van der Waals surface area contributed by atoms with Crippen molar-refractivity contribution >= 4 is 5.78 Å². The van der Waals surface area contributed by atoms with Gasteiger partial charge in [0, 0.05) is 11.9 Å². The van der Waals surface area contributed by atoms with Gasteiger partial charge in [-0.2, -0.15) is 13.2 Å². The number of H-pyrrole nitrogens is 1. The van der Waals surface area contributed by atoms with Gasteiger partial charge in [0.1, 0.15) is 5.56 Å². The van der Waals surface area contributed by atoms with Gasteiger partial charge in [-0.25, -0.2) is 9.67 Å². The van der Waals surface area contributed by atoms with E-state index in [-0.39, 0.29) is 11.4 Å². The van der Waals surface area contributed by atoms with Crippen LogP contribution in [0.4, 0.5) is 13.2 Å². The second kappa shape index (κ2) is 4.62. The van der Waals surface area contributed by atoms with Gasteiger partial charge < -0.3 is 0 Å². The average molecular weight is 285 g/mol. The van der Waals surface area contributed by atoms with E-state index in [1.807, 2.05) is 0 Å². The molecule has 2 aromatic heterocycles. The van der Waals surface area contributed by atoms with E-state index in [1.54, 1.807) is 0 Å². The Morgan fingerprint density at radius 2 is 2.00 bits per heavy atom. The zero-order valence-corrected chi connectivity index (χ0v) is 10.6. The molecule has 0 saturated heterocycles. The topological polar surface area (TPSA) is 67.8 Å². The summed E-state index contributed by atoms with van der Waals surface area (Å²) in [5, 5.41) is 2.61. The van der Waals surface area contributed by atoms with Crippen LogP contribution in [0.5, 0.6) is 0 Å². The predicted molar refractivity (Wildman–Crippen MR) is 63.9 cm³/mol. The lowest BCUT2D eigenvalue weighted by Crippen LogP contribution is -2.20. The number of Topliss-reactive ketones (excluding diaryl/α,β-unsaturated/α-hetero) is 1. The van der Waals surface area contributed by atoms with E-state index in [0.29, 0.717) is 11.9 Å². The molecule has 5 nitrogen and oxygen atoms in total. The highest BCUT2D eigenvalue weighted by molar-refractivity contribution is 5.94. The zero-order chi connectivity index (χ0) is 15.1. The Bertz CT molecular complexity index is 711. The third-order valence-corrected chi connectivity index (χ3v) is 2.73. The number of aromatic nitrogens is 3. The van der Waals surface area contributed by atoms with E-state index in [9.17, 15) is 22.8 Å². The van der Waals surface area contributed by atoms with Gasteiger partial charge >= 0.3 is 6.18 Å². The van der Waals surface area contributed by atoms with E-state index in [1.165, 1.54) is 13.8 Å². The van der Waals surface area contributed by atoms with Gasteiger partial charge in [0.05, 0.1) is 5.56 Å². The van der Waals surface area contributed by atoms with Crippen LogP contribution in [-0.2, 0) is 6.18 Å². The first-order chi connectivity index (χ1) is 9.21. The number of hydrogen-bond donors (Lipinski definition) is 1. The van der Waals surface area contributed by atoms with Crippen LogP contribution in [0.2, 0.25) is 0 Å². The van der Waals surface area contributed by atoms with E-state index in [0.717, 1.165) is 16.8 Å². The summed E-state index contributed by atoms with van der Waals surface area (Å²) in [5.41, 5.74) is -1.25. The maximum absolute atomic E-state index is 12.4. The lowest BCUT2D eigenvalue weighted by atomic mass is 10.2. The minimum absolute atomic E-state index is 0.0152. The maximum Gasteiger partial charge on any atom is 0.417 e. The summed E-state index contributed by atoms with van der Waals surface area (Å²) in [6, 6.07) is 1.88. The summed E-state index contributed by atoms with van der Waals surface area (Å²) in [4.78, 5) is 26.9. The predicted octanol–water partition coefficient (Wildman–Crippen LogP) is 2.09. The molecular weight excluding hydrogens is 275 g/mol. The summed E-state index contributed by atoms with van der Waals surface area (Å²) in [6.45, 7) is 2.76. The van der Waals surface area contributed by atoms with E-state index >= 15 is 0 Å². The fourth-order valence-electron chi connectivity index (χ4n) is 1.81. The lowest BCUT2D eigenvalue weighted by molar-refractivity contribution is -0.137. The quantitative estimate of drug-likeness (QED) is 0.859. The number of carbonyl (C=O) groups is 1. The summed E-state index contributed by atoms with van der Waals surface area (Å²) < 4.78 is 38.2. The molecule has 0 radical (unpaired) electrons. The number of ketones is 1. The summed E-state index contributed by atoms with van der Waals surface area (Å²) in [5.74, 6) is -0.437. The Balaban J connectivity index is 2.51. The van der Waals surface area contributed by atoms with Crippen molar-refractivity contribution in [2.75, 3.05) is 0 Å². The highest BCUT2D eigenvalue weighted by Gasteiger charge is 2.30. The number of carbonyl (C=O) groups excluding carboxylic acids is 1. The van der Waals surface area contributed by atoms with Crippen LogP contribution in [-0.4, -0.2) is 20.5 Å². The third-order valence-electron chi connectivity index (χ3n) is 2.73. The van der Waals surface area contributed by atoms with Crippen LogP contribution in [0.1, 0.15) is 28.5 Å². The number of aromatic amines is 1. The molecule has 0 aliphatic heterocycles. The smallest absolute Gasteiger partial charge is 0.294 e. The van der Waals surface area contributed by atoms with Gasteiger partial charge in [0.15, 0.2) is 11.6 Å². The van der Waals surface area contributed by atoms with Crippen LogP contribution in [0.25, 0.3) is 5.82 Å². The van der Waals surface area contributed by atoms with Gasteiger partial charge in [0.25, 0.3) is 5.56 Å². The van der Waals surface area contributed by atoms with Crippen molar-refractivity contribution in [3.05, 3.63) is 45.5 Å². The SMILES string of the molecule is CC(=O)c1c(C)[nH]n(-c2ccc(C(F)(F)F)cn2)c1=O. The molecule has 8 heteroatoms. The molecule has 1 N–H and O–H groups in total. The summed E-state index contributed by atoms with van der Waals surface area (Å²) in [6.07, 6.45) is -3.86. The summed E-state index contributed by atoms with van der Waals surface area (Å²) in [7, 11) is 0. The van der Waals surface area contributed by atoms with Gasteiger partial charge in [0.2, 0.25) is 0 Å². The fourth-order valence-corrected chi connectivity index (χ4v) is 1.81. The van der Waals surface area contributed by atoms with Crippen molar-refractivity contribution in [1.29, 1.82) is 0 Å². The molecule has 2 heterocycles. The number of nitrogens with one attached hydrogen (secondary N) is 1. The van der Waals surface area contributed by atoms with Gasteiger partial charge in [-0.05, 0) is 26.0 Å². The van der Waals surface area contributed by atoms with Crippen LogP contribution >= 0.6 is 0 Å². The summed E-state index contributed by atoms with van der Waals surface area (Å²) >= 11 is 0. The highest BCUT2D eigenvalue weighted by Crippen LogP contribution is 2.28. The molecule has 0 spiro atoms. The number of halogens is 3. The molecule has 0 bridgehead atoms. The Labute approximate surface area is 111 Å². The molecule has 0 unspecified atom stereocenters. The van der Waals surface area contributed by atoms with E-state index in [4.69, 9.17) is 0 Å². The zero-order valence-electron chi connectivity index (χ0n) is 10.6. The van der Waals surface area contributed by atoms with Crippen LogP contribution in [0, 0.1) is 6.92 Å². The van der Waals surface area contributed by atoms with E-state index < -0.39 is 23.1 Å². The molecule has 0 amide bonds. The van der Waals surface area contributed by atoms with Crippen molar-refractivity contribution in [2.45, 2.75) is 20.0 Å². The number of nitrogens with zero attached hydrogens (tertiary/aromatic N) is 2. The van der Waals surface area contributed by atoms with Crippen LogP contribution in [0.3, 0.4) is 0 Å². The second-order valence-electron chi connectivity index (χ2n) is 4.21. The van der Waals surface area contributed by atoms with Crippen molar-refractivity contribution in [3.8, 4) is 5.82 Å². The van der Waals surface area contributed by atoms with Crippen molar-refractivity contribution in [1.82, 2.24) is 14.8 Å². The van der Waals surface area contributed by atoms with Gasteiger partial charge in [-0.3, -0.25) is 14.7 Å². The Hall–Kier alpha value is -2.38. The van der Waals surface area contributed by atoms with Crippen molar-refractivity contribution in [3.63, 3.8) is 0 Å². The minimum atomic E-state index is -4.49. The minimum Gasteiger partial charge on any atom is -0.294 e. The third kappa shape index (κ3) is 2.36. The van der Waals surface area contributed by atoms with Crippen molar-refractivity contribution < 1.29 is 18.0 Å².